The van der Waals surface area contributed by atoms with Crippen LogP contribution < -0.4 is 0 Å². The minimum Gasteiger partial charge on any atom is -0.457 e. The Balaban J connectivity index is 1.75. The molecule has 2 aliphatic carbocycles. The largest absolute Gasteiger partial charge is 0.457 e. The first kappa shape index (κ1) is 21.0. The number of benzene rings is 3. The van der Waals surface area contributed by atoms with Crippen LogP contribution in [0, 0.1) is 0 Å². The van der Waals surface area contributed by atoms with E-state index in [4.69, 9.17) is 32.7 Å². The molecule has 0 aliphatic heterocycles. The van der Waals surface area contributed by atoms with Gasteiger partial charge in [0, 0.05) is 47.9 Å². The minimum atomic E-state index is -0.395. The van der Waals surface area contributed by atoms with Gasteiger partial charge in [0.1, 0.15) is 12.2 Å². The van der Waals surface area contributed by atoms with Gasteiger partial charge in [-0.25, -0.2) is 0 Å². The number of carbonyl (C=O) groups is 2. The van der Waals surface area contributed by atoms with Crippen LogP contribution in [-0.4, -0.2) is 11.9 Å². The van der Waals surface area contributed by atoms with Gasteiger partial charge in [-0.15, -0.1) is 0 Å². The Morgan fingerprint density at radius 2 is 1.12 bits per heavy atom. The molecular weight excluding hydrogens is 447 g/mol. The zero-order valence-corrected chi connectivity index (χ0v) is 19.1. The van der Waals surface area contributed by atoms with Crippen molar-refractivity contribution in [3.8, 4) is 22.3 Å². The second-order valence-electron chi connectivity index (χ2n) is 8.20. The van der Waals surface area contributed by atoms with Crippen LogP contribution >= 0.6 is 23.2 Å². The van der Waals surface area contributed by atoms with Crippen molar-refractivity contribution in [3.05, 3.63) is 80.8 Å². The maximum Gasteiger partial charge on any atom is 0.303 e. The molecule has 0 saturated carbocycles. The molecule has 5 rings (SSSR count). The summed E-state index contributed by atoms with van der Waals surface area (Å²) in [6, 6.07) is 15.6. The highest BCUT2D eigenvalue weighted by atomic mass is 35.5. The summed E-state index contributed by atoms with van der Waals surface area (Å²) in [5, 5.41) is 1.19. The van der Waals surface area contributed by atoms with Crippen molar-refractivity contribution in [3.63, 3.8) is 0 Å². The van der Waals surface area contributed by atoms with Crippen molar-refractivity contribution < 1.29 is 19.1 Å². The topological polar surface area (TPSA) is 52.6 Å². The molecule has 0 bridgehead atoms. The fourth-order valence-electron chi connectivity index (χ4n) is 4.93. The molecule has 0 spiro atoms. The van der Waals surface area contributed by atoms with Gasteiger partial charge in [-0.2, -0.15) is 0 Å². The van der Waals surface area contributed by atoms with E-state index in [1.807, 2.05) is 36.4 Å². The Labute approximate surface area is 196 Å². The van der Waals surface area contributed by atoms with Gasteiger partial charge in [0.05, 0.1) is 0 Å². The number of ether oxygens (including phenoxy) is 2. The second-order valence-corrected chi connectivity index (χ2v) is 9.07. The monoisotopic (exact) mass is 466 g/mol. The summed E-state index contributed by atoms with van der Waals surface area (Å²) < 4.78 is 11.3. The number of carbonyl (C=O) groups excluding carboxylic acids is 2. The minimum absolute atomic E-state index is 0.327. The number of hydrogen-bond acceptors (Lipinski definition) is 4. The Morgan fingerprint density at radius 3 is 1.50 bits per heavy atom. The maximum absolute atomic E-state index is 11.8. The van der Waals surface area contributed by atoms with Gasteiger partial charge in [0.15, 0.2) is 0 Å². The van der Waals surface area contributed by atoms with E-state index in [-0.39, 0.29) is 11.9 Å². The molecule has 0 radical (unpaired) electrons. The molecule has 2 aliphatic rings. The fourth-order valence-corrected chi connectivity index (χ4v) is 5.29. The molecule has 2 atom stereocenters. The van der Waals surface area contributed by atoms with Crippen LogP contribution in [0.3, 0.4) is 0 Å². The summed E-state index contributed by atoms with van der Waals surface area (Å²) in [6.45, 7) is 2.84. The number of rotatable bonds is 2. The first-order chi connectivity index (χ1) is 15.3. The van der Waals surface area contributed by atoms with Gasteiger partial charge < -0.3 is 9.47 Å². The third-order valence-electron chi connectivity index (χ3n) is 6.06. The Kier molecular flexibility index (Phi) is 5.23. The first-order valence-corrected chi connectivity index (χ1v) is 11.2. The quantitative estimate of drug-likeness (QED) is 0.396. The van der Waals surface area contributed by atoms with E-state index >= 15 is 0 Å². The van der Waals surface area contributed by atoms with Crippen molar-refractivity contribution in [1.29, 1.82) is 0 Å². The van der Waals surface area contributed by atoms with Crippen molar-refractivity contribution in [1.82, 2.24) is 0 Å². The summed E-state index contributed by atoms with van der Waals surface area (Å²) in [6.07, 6.45) is 0.333. The van der Waals surface area contributed by atoms with Gasteiger partial charge in [-0.1, -0.05) is 47.5 Å². The van der Waals surface area contributed by atoms with E-state index in [0.717, 1.165) is 44.5 Å². The van der Waals surface area contributed by atoms with Gasteiger partial charge in [0.2, 0.25) is 0 Å². The zero-order chi connectivity index (χ0) is 22.6. The predicted molar refractivity (Wildman–Crippen MR) is 124 cm³/mol. The summed E-state index contributed by atoms with van der Waals surface area (Å²) in [5.41, 5.74) is 8.16. The zero-order valence-electron chi connectivity index (χ0n) is 17.6. The smallest absolute Gasteiger partial charge is 0.303 e. The Bertz CT molecular complexity index is 1180. The van der Waals surface area contributed by atoms with E-state index in [1.54, 1.807) is 0 Å². The third kappa shape index (κ3) is 3.58. The summed E-state index contributed by atoms with van der Waals surface area (Å²) >= 11 is 12.6. The summed E-state index contributed by atoms with van der Waals surface area (Å²) in [5.74, 6) is -0.655. The van der Waals surface area contributed by atoms with Crippen molar-refractivity contribution in [2.24, 2.45) is 0 Å². The molecule has 0 amide bonds. The lowest BCUT2D eigenvalue weighted by Crippen LogP contribution is -2.21. The molecule has 0 N–H and O–H groups in total. The normalized spacial score (nSPS) is 18.0. The van der Waals surface area contributed by atoms with Crippen molar-refractivity contribution in [2.75, 3.05) is 0 Å². The number of fused-ring (bicyclic) bond motifs is 7. The molecule has 3 aromatic carbocycles. The fraction of sp³-hybridized carbons (Fsp3) is 0.231. The molecule has 32 heavy (non-hydrogen) atoms. The van der Waals surface area contributed by atoms with Crippen LogP contribution in [-0.2, 0) is 31.9 Å². The first-order valence-electron chi connectivity index (χ1n) is 10.4. The lowest BCUT2D eigenvalue weighted by Gasteiger charge is -2.34. The Hall–Kier alpha value is -2.82. The van der Waals surface area contributed by atoms with E-state index in [9.17, 15) is 9.59 Å². The average Bonchev–Trinajstić information content (AvgIpc) is 2.73. The van der Waals surface area contributed by atoms with Crippen molar-refractivity contribution in [2.45, 2.75) is 38.9 Å². The van der Waals surface area contributed by atoms with Crippen LogP contribution in [0.5, 0.6) is 0 Å². The molecule has 2 unspecified atom stereocenters. The molecule has 0 saturated heterocycles. The maximum atomic E-state index is 11.8. The van der Waals surface area contributed by atoms with Gasteiger partial charge in [-0.05, 0) is 57.6 Å². The molecule has 4 nitrogen and oxygen atoms in total. The highest BCUT2D eigenvalue weighted by Gasteiger charge is 2.34. The predicted octanol–water partition coefficient (Wildman–Crippen LogP) is 6.65. The van der Waals surface area contributed by atoms with Crippen LogP contribution in [0.4, 0.5) is 0 Å². The van der Waals surface area contributed by atoms with Crippen LogP contribution in [0.25, 0.3) is 22.3 Å². The van der Waals surface area contributed by atoms with Gasteiger partial charge >= 0.3 is 11.9 Å². The van der Waals surface area contributed by atoms with E-state index in [1.165, 1.54) is 13.8 Å². The number of hydrogen-bond donors (Lipinski definition) is 0. The van der Waals surface area contributed by atoms with Crippen LogP contribution in [0.2, 0.25) is 10.0 Å². The van der Waals surface area contributed by atoms with E-state index in [0.29, 0.717) is 22.9 Å². The van der Waals surface area contributed by atoms with Gasteiger partial charge in [-0.3, -0.25) is 9.59 Å². The lowest BCUT2D eigenvalue weighted by atomic mass is 9.74. The molecule has 0 heterocycles. The molecule has 0 aromatic heterocycles. The number of esters is 2. The third-order valence-corrected chi connectivity index (χ3v) is 6.53. The summed E-state index contributed by atoms with van der Waals surface area (Å²) in [4.78, 5) is 23.5. The van der Waals surface area contributed by atoms with E-state index < -0.39 is 12.2 Å². The van der Waals surface area contributed by atoms with Crippen LogP contribution in [0.15, 0.2) is 48.5 Å². The standard InChI is InChI=1S/C26H20Cl2O4/c1-13(29)31-23-9-15-3-4-16-10-24(32-14(2)30)22-12-18(28)6-8-20(22)26(16)25(15)19-7-5-17(27)11-21(19)23/h3-8,11-12,23-24H,9-10H2,1-2H3. The highest BCUT2D eigenvalue weighted by Crippen LogP contribution is 2.51. The average molecular weight is 467 g/mol. The molecule has 0 fully saturated rings. The van der Waals surface area contributed by atoms with Gasteiger partial charge in [0.25, 0.3) is 0 Å². The molecule has 6 heteroatoms. The Morgan fingerprint density at radius 1 is 0.719 bits per heavy atom. The molecular formula is C26H20Cl2O4. The SMILES string of the molecule is CC(=O)OC1Cc2ccc3c(c2-c2ccc(Cl)cc21)-c1ccc(Cl)cc1C(OC(C)=O)C3. The molecule has 162 valence electrons. The lowest BCUT2D eigenvalue weighted by molar-refractivity contribution is -0.147. The molecule has 3 aromatic rings. The van der Waals surface area contributed by atoms with Crippen LogP contribution in [0.1, 0.15) is 48.3 Å². The highest BCUT2D eigenvalue weighted by molar-refractivity contribution is 6.31. The summed E-state index contributed by atoms with van der Waals surface area (Å²) in [7, 11) is 0. The van der Waals surface area contributed by atoms with E-state index in [2.05, 4.69) is 12.1 Å². The van der Waals surface area contributed by atoms with Crippen molar-refractivity contribution >= 4 is 35.1 Å². The number of halogens is 2. The second kappa shape index (κ2) is 7.95.